The molecule has 1 atom stereocenters. The first-order valence-corrected chi connectivity index (χ1v) is 4.64. The summed E-state index contributed by atoms with van der Waals surface area (Å²) in [5.74, 6) is -3.21. The number of carbonyl (C=O) groups is 1. The van der Waals surface area contributed by atoms with Gasteiger partial charge in [-0.3, -0.25) is 0 Å². The molecule has 100 valence electrons. The third kappa shape index (κ3) is 4.21. The summed E-state index contributed by atoms with van der Waals surface area (Å²) in [6.07, 6.45) is -7.49. The quantitative estimate of drug-likeness (QED) is 0.816. The third-order valence-electron chi connectivity index (χ3n) is 1.95. The third-order valence-corrected chi connectivity index (χ3v) is 1.95. The molecule has 0 bridgehead atoms. The van der Waals surface area contributed by atoms with Gasteiger partial charge in [-0.15, -0.1) is 13.2 Å². The summed E-state index contributed by atoms with van der Waals surface area (Å²) >= 11 is 0. The van der Waals surface area contributed by atoms with E-state index in [1.54, 1.807) is 0 Å². The molecule has 0 saturated heterocycles. The van der Waals surface area contributed by atoms with E-state index in [0.29, 0.717) is 12.1 Å². The average Bonchev–Trinajstić information content (AvgIpc) is 2.20. The van der Waals surface area contributed by atoms with Gasteiger partial charge in [0.05, 0.1) is 0 Å². The second-order valence-electron chi connectivity index (χ2n) is 3.36. The Hall–Kier alpha value is -1.83. The van der Waals surface area contributed by atoms with Crippen LogP contribution in [-0.2, 0) is 11.2 Å². The summed E-state index contributed by atoms with van der Waals surface area (Å²) in [7, 11) is 0. The fourth-order valence-corrected chi connectivity index (χ4v) is 1.20. The van der Waals surface area contributed by atoms with Crippen LogP contribution in [0.15, 0.2) is 18.2 Å². The molecule has 4 nitrogen and oxygen atoms in total. The second kappa shape index (κ2) is 5.21. The molecular formula is C10H8F4O4. The zero-order chi connectivity index (χ0) is 13.9. The Kier molecular flexibility index (Phi) is 4.12. The molecule has 1 aromatic carbocycles. The van der Waals surface area contributed by atoms with Crippen molar-refractivity contribution in [1.29, 1.82) is 0 Å². The van der Waals surface area contributed by atoms with Crippen molar-refractivity contribution in [2.24, 2.45) is 0 Å². The van der Waals surface area contributed by atoms with Crippen molar-refractivity contribution >= 4 is 5.97 Å². The van der Waals surface area contributed by atoms with Crippen molar-refractivity contribution in [3.05, 3.63) is 29.6 Å². The summed E-state index contributed by atoms with van der Waals surface area (Å²) < 4.78 is 52.4. The van der Waals surface area contributed by atoms with Crippen LogP contribution in [0.5, 0.6) is 5.75 Å². The van der Waals surface area contributed by atoms with Gasteiger partial charge in [0.2, 0.25) is 0 Å². The van der Waals surface area contributed by atoms with Gasteiger partial charge in [0.1, 0.15) is 11.6 Å². The molecule has 1 unspecified atom stereocenters. The first-order chi connectivity index (χ1) is 8.19. The van der Waals surface area contributed by atoms with Crippen LogP contribution in [0.25, 0.3) is 0 Å². The average molecular weight is 268 g/mol. The van der Waals surface area contributed by atoms with Gasteiger partial charge >= 0.3 is 12.3 Å². The maximum atomic E-state index is 13.2. The Morgan fingerprint density at radius 1 is 1.39 bits per heavy atom. The first-order valence-electron chi connectivity index (χ1n) is 4.64. The van der Waals surface area contributed by atoms with Crippen molar-refractivity contribution in [3.63, 3.8) is 0 Å². The highest BCUT2D eigenvalue weighted by atomic mass is 19.4. The predicted octanol–water partition coefficient (Wildman–Crippen LogP) is 1.71. The Morgan fingerprint density at radius 2 is 2.00 bits per heavy atom. The van der Waals surface area contributed by atoms with E-state index in [0.717, 1.165) is 6.07 Å². The van der Waals surface area contributed by atoms with Crippen LogP contribution in [0.4, 0.5) is 17.6 Å². The highest BCUT2D eigenvalue weighted by Gasteiger charge is 2.31. The first kappa shape index (κ1) is 14.2. The molecule has 8 heteroatoms. The number of aliphatic hydroxyl groups is 1. The highest BCUT2D eigenvalue weighted by molar-refractivity contribution is 5.72. The van der Waals surface area contributed by atoms with Gasteiger partial charge in [-0.2, -0.15) is 0 Å². The molecule has 0 heterocycles. The van der Waals surface area contributed by atoms with Crippen LogP contribution in [0, 0.1) is 5.82 Å². The molecule has 0 radical (unpaired) electrons. The smallest absolute Gasteiger partial charge is 0.479 e. The predicted molar refractivity (Wildman–Crippen MR) is 50.4 cm³/mol. The second-order valence-corrected chi connectivity index (χ2v) is 3.36. The van der Waals surface area contributed by atoms with Gasteiger partial charge in [-0.1, -0.05) is 0 Å². The Bertz CT molecular complexity index is 444. The van der Waals surface area contributed by atoms with Crippen LogP contribution in [0.3, 0.4) is 0 Å². The van der Waals surface area contributed by atoms with Crippen LogP contribution in [0.1, 0.15) is 5.56 Å². The maximum Gasteiger partial charge on any atom is 0.573 e. The number of hydrogen-bond acceptors (Lipinski definition) is 3. The number of rotatable bonds is 4. The molecule has 0 aliphatic carbocycles. The zero-order valence-electron chi connectivity index (χ0n) is 8.74. The minimum absolute atomic E-state index is 0.383. The van der Waals surface area contributed by atoms with Crippen LogP contribution >= 0.6 is 0 Å². The molecule has 1 aromatic rings. The zero-order valence-corrected chi connectivity index (χ0v) is 8.74. The van der Waals surface area contributed by atoms with E-state index in [2.05, 4.69) is 4.74 Å². The minimum atomic E-state index is -4.93. The summed E-state index contributed by atoms with van der Waals surface area (Å²) in [5, 5.41) is 17.4. The summed E-state index contributed by atoms with van der Waals surface area (Å²) in [6.45, 7) is 0. The van der Waals surface area contributed by atoms with Crippen molar-refractivity contribution in [3.8, 4) is 5.75 Å². The van der Waals surface area contributed by atoms with Crippen molar-refractivity contribution < 1.29 is 37.3 Å². The Morgan fingerprint density at radius 3 is 2.50 bits per heavy atom. The Balaban J connectivity index is 2.91. The molecule has 1 rings (SSSR count). The topological polar surface area (TPSA) is 66.8 Å². The van der Waals surface area contributed by atoms with E-state index in [-0.39, 0.29) is 5.56 Å². The van der Waals surface area contributed by atoms with Crippen LogP contribution in [-0.4, -0.2) is 28.6 Å². The molecule has 0 aromatic heterocycles. The lowest BCUT2D eigenvalue weighted by molar-refractivity contribution is -0.274. The number of carboxylic acid groups (broad SMARTS) is 1. The van der Waals surface area contributed by atoms with Gasteiger partial charge in [-0.25, -0.2) is 9.18 Å². The number of carboxylic acids is 1. The van der Waals surface area contributed by atoms with E-state index >= 15 is 0 Å². The van der Waals surface area contributed by atoms with Crippen molar-refractivity contribution in [1.82, 2.24) is 0 Å². The lowest BCUT2D eigenvalue weighted by Crippen LogP contribution is -2.23. The molecule has 0 aliphatic rings. The largest absolute Gasteiger partial charge is 0.573 e. The van der Waals surface area contributed by atoms with Gasteiger partial charge in [0.15, 0.2) is 6.10 Å². The summed E-state index contributed by atoms with van der Waals surface area (Å²) in [4.78, 5) is 10.3. The lowest BCUT2D eigenvalue weighted by Gasteiger charge is -2.11. The fourth-order valence-electron chi connectivity index (χ4n) is 1.20. The van der Waals surface area contributed by atoms with Crippen molar-refractivity contribution in [2.75, 3.05) is 0 Å². The van der Waals surface area contributed by atoms with Gasteiger partial charge in [0, 0.05) is 6.42 Å². The lowest BCUT2D eigenvalue weighted by atomic mass is 10.1. The SMILES string of the molecule is O=C(O)C(O)Cc1cc(OC(F)(F)F)ccc1F. The molecule has 0 spiro atoms. The number of hydrogen-bond donors (Lipinski definition) is 2. The number of aliphatic hydroxyl groups excluding tert-OH is 1. The van der Waals surface area contributed by atoms with E-state index in [1.807, 2.05) is 0 Å². The number of benzene rings is 1. The monoisotopic (exact) mass is 268 g/mol. The molecule has 0 aliphatic heterocycles. The van der Waals surface area contributed by atoms with E-state index in [9.17, 15) is 22.4 Å². The van der Waals surface area contributed by atoms with Gasteiger partial charge in [0.25, 0.3) is 0 Å². The van der Waals surface area contributed by atoms with Gasteiger partial charge in [-0.05, 0) is 23.8 Å². The van der Waals surface area contributed by atoms with E-state index in [4.69, 9.17) is 10.2 Å². The number of halogens is 4. The standard InChI is InChI=1S/C10H8F4O4/c11-7-2-1-6(18-10(12,13)14)3-5(7)4-8(15)9(16)17/h1-3,8,15H,4H2,(H,16,17). The minimum Gasteiger partial charge on any atom is -0.479 e. The van der Waals surface area contributed by atoms with E-state index in [1.165, 1.54) is 0 Å². The molecular weight excluding hydrogens is 260 g/mol. The fraction of sp³-hybridized carbons (Fsp3) is 0.300. The Labute approximate surface area is 98.4 Å². The van der Waals surface area contributed by atoms with Crippen LogP contribution in [0.2, 0.25) is 0 Å². The van der Waals surface area contributed by atoms with E-state index < -0.39 is 36.4 Å². The molecule has 0 saturated carbocycles. The number of alkyl halides is 3. The number of ether oxygens (including phenoxy) is 1. The molecule has 2 N–H and O–H groups in total. The summed E-state index contributed by atoms with van der Waals surface area (Å²) in [5.41, 5.74) is -0.383. The van der Waals surface area contributed by atoms with Crippen molar-refractivity contribution in [2.45, 2.75) is 18.9 Å². The highest BCUT2D eigenvalue weighted by Crippen LogP contribution is 2.25. The molecule has 18 heavy (non-hydrogen) atoms. The normalized spacial score (nSPS) is 13.2. The van der Waals surface area contributed by atoms with Crippen LogP contribution < -0.4 is 4.74 Å². The summed E-state index contributed by atoms with van der Waals surface area (Å²) in [6, 6.07) is 2.14. The molecule has 0 fully saturated rings. The van der Waals surface area contributed by atoms with Gasteiger partial charge < -0.3 is 14.9 Å². The molecule has 0 amide bonds. The number of aliphatic carboxylic acids is 1. The maximum absolute atomic E-state index is 13.2.